The second-order valence-corrected chi connectivity index (χ2v) is 4.33. The predicted molar refractivity (Wildman–Crippen MR) is 61.5 cm³/mol. The number of hydrogen-bond donors (Lipinski definition) is 1. The molecule has 0 aliphatic heterocycles. The average Bonchev–Trinajstić information content (AvgIpc) is 2.64. The molecule has 1 aromatic rings. The van der Waals surface area contributed by atoms with Crippen molar-refractivity contribution in [3.8, 4) is 0 Å². The number of carboxylic acid groups (broad SMARTS) is 1. The van der Waals surface area contributed by atoms with E-state index in [-0.39, 0.29) is 5.56 Å². The molecule has 1 aromatic heterocycles. The number of aromatic carboxylic acids is 1. The minimum atomic E-state index is -0.943. The number of carboxylic acids is 1. The largest absolute Gasteiger partial charge is 0.478 e. The molecule has 0 radical (unpaired) electrons. The highest BCUT2D eigenvalue weighted by molar-refractivity contribution is 5.87. The van der Waals surface area contributed by atoms with Crippen LogP contribution in [0.15, 0.2) is 16.7 Å². The topological polar surface area (TPSA) is 53.7 Å². The fraction of sp³-hybridized carbons (Fsp3) is 0.583. The van der Waals surface area contributed by atoms with Crippen molar-refractivity contribution < 1.29 is 14.3 Å². The van der Waals surface area contributed by atoms with E-state index in [1.807, 2.05) is 0 Å². The molecule has 4 nitrogen and oxygen atoms in total. The van der Waals surface area contributed by atoms with Crippen molar-refractivity contribution in [2.24, 2.45) is 5.92 Å². The van der Waals surface area contributed by atoms with Crippen molar-refractivity contribution >= 4 is 5.97 Å². The monoisotopic (exact) mass is 225 g/mol. The maximum Gasteiger partial charge on any atom is 0.338 e. The molecule has 4 heteroatoms. The lowest BCUT2D eigenvalue weighted by Gasteiger charge is -2.20. The Morgan fingerprint density at radius 3 is 2.69 bits per heavy atom. The van der Waals surface area contributed by atoms with Crippen LogP contribution in [-0.4, -0.2) is 29.1 Å². The van der Waals surface area contributed by atoms with E-state index in [9.17, 15) is 4.79 Å². The molecule has 0 aliphatic rings. The third kappa shape index (κ3) is 3.70. The summed E-state index contributed by atoms with van der Waals surface area (Å²) >= 11 is 0. The zero-order valence-corrected chi connectivity index (χ0v) is 10.1. The highest BCUT2D eigenvalue weighted by Crippen LogP contribution is 2.11. The van der Waals surface area contributed by atoms with Crippen LogP contribution >= 0.6 is 0 Å². The molecule has 0 aliphatic carbocycles. The standard InChI is InChI=1S/C12H19NO3/c1-4-13(6-9(2)3)7-11-5-10(8-16-11)12(14)15/h5,8-9H,4,6-7H2,1-3H3,(H,14,15). The van der Waals surface area contributed by atoms with E-state index in [4.69, 9.17) is 9.52 Å². The molecule has 0 saturated carbocycles. The summed E-state index contributed by atoms with van der Waals surface area (Å²) in [6, 6.07) is 1.59. The second kappa shape index (κ2) is 5.70. The van der Waals surface area contributed by atoms with Gasteiger partial charge < -0.3 is 9.52 Å². The molecule has 0 spiro atoms. The molecule has 16 heavy (non-hydrogen) atoms. The summed E-state index contributed by atoms with van der Waals surface area (Å²) in [5.74, 6) is 0.357. The summed E-state index contributed by atoms with van der Waals surface area (Å²) in [6.07, 6.45) is 1.29. The van der Waals surface area contributed by atoms with E-state index in [0.29, 0.717) is 18.2 Å². The average molecular weight is 225 g/mol. The molecule has 0 saturated heterocycles. The van der Waals surface area contributed by atoms with Gasteiger partial charge >= 0.3 is 5.97 Å². The normalized spacial score (nSPS) is 11.3. The second-order valence-electron chi connectivity index (χ2n) is 4.33. The van der Waals surface area contributed by atoms with E-state index < -0.39 is 5.97 Å². The van der Waals surface area contributed by atoms with Gasteiger partial charge in [-0.15, -0.1) is 0 Å². The van der Waals surface area contributed by atoms with E-state index in [2.05, 4.69) is 25.7 Å². The van der Waals surface area contributed by atoms with Crippen LogP contribution < -0.4 is 0 Å². The maximum absolute atomic E-state index is 10.7. The third-order valence-corrected chi connectivity index (χ3v) is 2.35. The molecule has 0 aromatic carbocycles. The Hall–Kier alpha value is -1.29. The summed E-state index contributed by atoms with van der Waals surface area (Å²) in [4.78, 5) is 12.9. The summed E-state index contributed by atoms with van der Waals surface area (Å²) in [5, 5.41) is 8.76. The van der Waals surface area contributed by atoms with Gasteiger partial charge in [0.05, 0.1) is 12.1 Å². The summed E-state index contributed by atoms with van der Waals surface area (Å²) in [5.41, 5.74) is 0.218. The van der Waals surface area contributed by atoms with Crippen molar-refractivity contribution in [3.63, 3.8) is 0 Å². The molecule has 0 atom stereocenters. The van der Waals surface area contributed by atoms with Gasteiger partial charge in [0.25, 0.3) is 0 Å². The van der Waals surface area contributed by atoms with Crippen molar-refractivity contribution in [1.82, 2.24) is 4.90 Å². The summed E-state index contributed by atoms with van der Waals surface area (Å²) in [7, 11) is 0. The van der Waals surface area contributed by atoms with E-state index in [1.54, 1.807) is 6.07 Å². The molecule has 0 unspecified atom stereocenters. The van der Waals surface area contributed by atoms with Crippen LogP contribution in [0.25, 0.3) is 0 Å². The van der Waals surface area contributed by atoms with Gasteiger partial charge in [0.2, 0.25) is 0 Å². The van der Waals surface area contributed by atoms with Gasteiger partial charge in [0.15, 0.2) is 0 Å². The van der Waals surface area contributed by atoms with E-state index >= 15 is 0 Å². The van der Waals surface area contributed by atoms with Crippen molar-refractivity contribution in [3.05, 3.63) is 23.7 Å². The van der Waals surface area contributed by atoms with E-state index in [0.717, 1.165) is 13.1 Å². The first-order chi connectivity index (χ1) is 7.52. The van der Waals surface area contributed by atoms with Crippen molar-refractivity contribution in [2.45, 2.75) is 27.3 Å². The number of furan rings is 1. The Balaban J connectivity index is 2.59. The summed E-state index contributed by atoms with van der Waals surface area (Å²) in [6.45, 7) is 8.99. The summed E-state index contributed by atoms with van der Waals surface area (Å²) < 4.78 is 5.22. The first kappa shape index (κ1) is 12.8. The SMILES string of the molecule is CCN(Cc1cc(C(=O)O)co1)CC(C)C. The Labute approximate surface area is 95.9 Å². The lowest BCUT2D eigenvalue weighted by molar-refractivity contribution is 0.0696. The Bertz CT molecular complexity index is 344. The fourth-order valence-electron chi connectivity index (χ4n) is 1.62. The lowest BCUT2D eigenvalue weighted by atomic mass is 10.2. The van der Waals surface area contributed by atoms with Crippen molar-refractivity contribution in [1.29, 1.82) is 0 Å². The zero-order chi connectivity index (χ0) is 12.1. The number of hydrogen-bond acceptors (Lipinski definition) is 3. The Morgan fingerprint density at radius 1 is 1.56 bits per heavy atom. The fourth-order valence-corrected chi connectivity index (χ4v) is 1.62. The van der Waals surface area contributed by atoms with Crippen LogP contribution in [0.5, 0.6) is 0 Å². The van der Waals surface area contributed by atoms with Crippen LogP contribution in [0.4, 0.5) is 0 Å². The first-order valence-electron chi connectivity index (χ1n) is 5.56. The quantitative estimate of drug-likeness (QED) is 0.808. The minimum absolute atomic E-state index is 0.218. The van der Waals surface area contributed by atoms with Gasteiger partial charge in [-0.05, 0) is 18.5 Å². The predicted octanol–water partition coefficient (Wildman–Crippen LogP) is 2.46. The third-order valence-electron chi connectivity index (χ3n) is 2.35. The lowest BCUT2D eigenvalue weighted by Crippen LogP contribution is -2.26. The highest BCUT2D eigenvalue weighted by atomic mass is 16.4. The molecule has 90 valence electrons. The number of carbonyl (C=O) groups is 1. The van der Waals surface area contributed by atoms with E-state index in [1.165, 1.54) is 6.26 Å². The van der Waals surface area contributed by atoms with Crippen LogP contribution in [0.1, 0.15) is 36.9 Å². The van der Waals surface area contributed by atoms with Crippen molar-refractivity contribution in [2.75, 3.05) is 13.1 Å². The Morgan fingerprint density at radius 2 is 2.25 bits per heavy atom. The van der Waals surface area contributed by atoms with Crippen LogP contribution in [-0.2, 0) is 6.54 Å². The zero-order valence-electron chi connectivity index (χ0n) is 10.1. The van der Waals surface area contributed by atoms with Gasteiger partial charge in [-0.1, -0.05) is 20.8 Å². The molecule has 1 rings (SSSR count). The molecule has 0 amide bonds. The molecule has 1 N–H and O–H groups in total. The van der Waals surface area contributed by atoms with Gasteiger partial charge in [-0.2, -0.15) is 0 Å². The van der Waals surface area contributed by atoms with Gasteiger partial charge in [0.1, 0.15) is 12.0 Å². The smallest absolute Gasteiger partial charge is 0.338 e. The Kier molecular flexibility index (Phi) is 4.55. The van der Waals surface area contributed by atoms with Gasteiger partial charge in [-0.3, -0.25) is 4.90 Å². The molecule has 0 fully saturated rings. The number of rotatable bonds is 6. The highest BCUT2D eigenvalue weighted by Gasteiger charge is 2.11. The molecular formula is C12H19NO3. The molecule has 1 heterocycles. The molecular weight excluding hydrogens is 206 g/mol. The van der Waals surface area contributed by atoms with Crippen LogP contribution in [0.3, 0.4) is 0 Å². The van der Waals surface area contributed by atoms with Gasteiger partial charge in [0, 0.05) is 6.54 Å². The van der Waals surface area contributed by atoms with Crippen LogP contribution in [0, 0.1) is 5.92 Å². The first-order valence-corrected chi connectivity index (χ1v) is 5.56. The number of nitrogens with zero attached hydrogens (tertiary/aromatic N) is 1. The maximum atomic E-state index is 10.7. The van der Waals surface area contributed by atoms with Gasteiger partial charge in [-0.25, -0.2) is 4.79 Å². The molecule has 0 bridgehead atoms. The minimum Gasteiger partial charge on any atom is -0.478 e. The van der Waals surface area contributed by atoms with Crippen LogP contribution in [0.2, 0.25) is 0 Å².